The molecule has 0 bridgehead atoms. The van der Waals surface area contributed by atoms with Gasteiger partial charge in [-0.05, 0) is 37.1 Å². The van der Waals surface area contributed by atoms with E-state index in [4.69, 9.17) is 10.5 Å². The highest BCUT2D eigenvalue weighted by Gasteiger charge is 2.18. The van der Waals surface area contributed by atoms with Crippen molar-refractivity contribution in [3.8, 4) is 5.75 Å². The summed E-state index contributed by atoms with van der Waals surface area (Å²) in [5, 5.41) is 0. The lowest BCUT2D eigenvalue weighted by Crippen LogP contribution is -2.20. The Labute approximate surface area is 96.3 Å². The van der Waals surface area contributed by atoms with Crippen LogP contribution < -0.4 is 10.5 Å². The third kappa shape index (κ3) is 2.54. The Morgan fingerprint density at radius 1 is 1.25 bits per heavy atom. The summed E-state index contributed by atoms with van der Waals surface area (Å²) in [7, 11) is 1.66. The minimum atomic E-state index is 0.488. The van der Waals surface area contributed by atoms with Crippen LogP contribution in [-0.4, -0.2) is 12.9 Å². The first-order chi connectivity index (χ1) is 7.79. The summed E-state index contributed by atoms with van der Waals surface area (Å²) in [6.45, 7) is 0. The molecule has 1 aromatic carbocycles. The smallest absolute Gasteiger partial charge is 0.119 e. The van der Waals surface area contributed by atoms with Crippen molar-refractivity contribution in [3.05, 3.63) is 24.3 Å². The van der Waals surface area contributed by atoms with E-state index >= 15 is 0 Å². The highest BCUT2D eigenvalue weighted by molar-refractivity contribution is 5.85. The van der Waals surface area contributed by atoms with Crippen molar-refractivity contribution in [2.24, 2.45) is 16.6 Å². The van der Waals surface area contributed by atoms with Gasteiger partial charge in [-0.25, -0.2) is 4.99 Å². The SMILES string of the molecule is COc1ccc(N=C(N)C2CCCC2)cc1. The molecule has 16 heavy (non-hydrogen) atoms. The predicted molar refractivity (Wildman–Crippen MR) is 66.2 cm³/mol. The number of ether oxygens (including phenoxy) is 1. The van der Waals surface area contributed by atoms with Gasteiger partial charge in [0.1, 0.15) is 11.6 Å². The zero-order valence-corrected chi connectivity index (χ0v) is 9.65. The molecule has 2 rings (SSSR count). The molecule has 0 heterocycles. The molecule has 3 nitrogen and oxygen atoms in total. The first-order valence-corrected chi connectivity index (χ1v) is 5.77. The highest BCUT2D eigenvalue weighted by atomic mass is 16.5. The number of amidine groups is 1. The Balaban J connectivity index is 2.08. The molecule has 0 amide bonds. The molecule has 1 aliphatic carbocycles. The van der Waals surface area contributed by atoms with Crippen LogP contribution in [0.5, 0.6) is 5.75 Å². The van der Waals surface area contributed by atoms with Gasteiger partial charge >= 0.3 is 0 Å². The number of nitrogens with two attached hydrogens (primary N) is 1. The maximum atomic E-state index is 6.00. The second kappa shape index (κ2) is 5.01. The summed E-state index contributed by atoms with van der Waals surface area (Å²) < 4.78 is 5.09. The summed E-state index contributed by atoms with van der Waals surface area (Å²) in [5.74, 6) is 2.11. The Kier molecular flexibility index (Phi) is 3.44. The summed E-state index contributed by atoms with van der Waals surface area (Å²) in [5.41, 5.74) is 6.91. The second-order valence-corrected chi connectivity index (χ2v) is 4.22. The van der Waals surface area contributed by atoms with Gasteiger partial charge < -0.3 is 10.5 Å². The summed E-state index contributed by atoms with van der Waals surface area (Å²) in [4.78, 5) is 4.46. The van der Waals surface area contributed by atoms with Gasteiger partial charge in [-0.3, -0.25) is 0 Å². The van der Waals surface area contributed by atoms with Crippen LogP contribution in [0.2, 0.25) is 0 Å². The number of methoxy groups -OCH3 is 1. The van der Waals surface area contributed by atoms with Gasteiger partial charge in [-0.2, -0.15) is 0 Å². The van der Waals surface area contributed by atoms with Gasteiger partial charge in [0.25, 0.3) is 0 Å². The highest BCUT2D eigenvalue weighted by Crippen LogP contribution is 2.26. The minimum absolute atomic E-state index is 0.488. The lowest BCUT2D eigenvalue weighted by molar-refractivity contribution is 0.415. The molecular weight excluding hydrogens is 200 g/mol. The molecule has 1 aromatic rings. The molecule has 0 unspecified atom stereocenters. The zero-order valence-electron chi connectivity index (χ0n) is 9.65. The quantitative estimate of drug-likeness (QED) is 0.626. The van der Waals surface area contributed by atoms with Crippen molar-refractivity contribution >= 4 is 11.5 Å². The van der Waals surface area contributed by atoms with Gasteiger partial charge in [0.05, 0.1) is 12.8 Å². The maximum absolute atomic E-state index is 6.00. The predicted octanol–water partition coefficient (Wildman–Crippen LogP) is 2.87. The van der Waals surface area contributed by atoms with Crippen molar-refractivity contribution in [2.75, 3.05) is 7.11 Å². The summed E-state index contributed by atoms with van der Waals surface area (Å²) >= 11 is 0. The fourth-order valence-corrected chi connectivity index (χ4v) is 2.12. The molecule has 86 valence electrons. The third-order valence-electron chi connectivity index (χ3n) is 3.10. The number of hydrogen-bond acceptors (Lipinski definition) is 2. The fourth-order valence-electron chi connectivity index (χ4n) is 2.12. The van der Waals surface area contributed by atoms with Crippen LogP contribution in [0.15, 0.2) is 29.3 Å². The van der Waals surface area contributed by atoms with Crippen molar-refractivity contribution in [3.63, 3.8) is 0 Å². The molecule has 1 aliphatic rings. The average Bonchev–Trinajstić information content (AvgIpc) is 2.83. The Morgan fingerprint density at radius 2 is 1.88 bits per heavy atom. The molecule has 1 saturated carbocycles. The standard InChI is InChI=1S/C13H18N2O/c1-16-12-8-6-11(7-9-12)15-13(14)10-4-2-3-5-10/h6-10H,2-5H2,1H3,(H2,14,15). The molecule has 1 fully saturated rings. The molecule has 0 radical (unpaired) electrons. The molecule has 0 aliphatic heterocycles. The average molecular weight is 218 g/mol. The van der Waals surface area contributed by atoms with E-state index in [2.05, 4.69) is 4.99 Å². The van der Waals surface area contributed by atoms with Crippen LogP contribution in [0, 0.1) is 5.92 Å². The van der Waals surface area contributed by atoms with Crippen LogP contribution in [0.4, 0.5) is 5.69 Å². The van der Waals surface area contributed by atoms with Crippen LogP contribution in [0.25, 0.3) is 0 Å². The topological polar surface area (TPSA) is 47.6 Å². The van der Waals surface area contributed by atoms with Crippen molar-refractivity contribution in [1.29, 1.82) is 0 Å². The molecular formula is C13H18N2O. The van der Waals surface area contributed by atoms with E-state index in [1.165, 1.54) is 25.7 Å². The monoisotopic (exact) mass is 218 g/mol. The van der Waals surface area contributed by atoms with Crippen LogP contribution in [-0.2, 0) is 0 Å². The normalized spacial score (nSPS) is 17.7. The van der Waals surface area contributed by atoms with E-state index in [0.717, 1.165) is 17.3 Å². The number of nitrogens with zero attached hydrogens (tertiary/aromatic N) is 1. The van der Waals surface area contributed by atoms with Gasteiger partial charge in [-0.15, -0.1) is 0 Å². The van der Waals surface area contributed by atoms with Crippen LogP contribution in [0.3, 0.4) is 0 Å². The largest absolute Gasteiger partial charge is 0.497 e. The number of rotatable bonds is 3. The third-order valence-corrected chi connectivity index (χ3v) is 3.10. The maximum Gasteiger partial charge on any atom is 0.119 e. The van der Waals surface area contributed by atoms with E-state index in [1.807, 2.05) is 24.3 Å². The first-order valence-electron chi connectivity index (χ1n) is 5.77. The lowest BCUT2D eigenvalue weighted by atomic mass is 10.1. The van der Waals surface area contributed by atoms with E-state index < -0.39 is 0 Å². The molecule has 0 saturated heterocycles. The van der Waals surface area contributed by atoms with Crippen LogP contribution in [0.1, 0.15) is 25.7 Å². The Bertz CT molecular complexity index is 364. The van der Waals surface area contributed by atoms with Crippen LogP contribution >= 0.6 is 0 Å². The van der Waals surface area contributed by atoms with Gasteiger partial charge in [0.2, 0.25) is 0 Å². The second-order valence-electron chi connectivity index (χ2n) is 4.22. The number of aliphatic imine (C=N–C) groups is 1. The zero-order chi connectivity index (χ0) is 11.4. The summed E-state index contributed by atoms with van der Waals surface area (Å²) in [6, 6.07) is 7.67. The molecule has 3 heteroatoms. The van der Waals surface area contributed by atoms with E-state index in [0.29, 0.717) is 5.92 Å². The van der Waals surface area contributed by atoms with Crippen molar-refractivity contribution in [1.82, 2.24) is 0 Å². The van der Waals surface area contributed by atoms with Crippen molar-refractivity contribution < 1.29 is 4.74 Å². The van der Waals surface area contributed by atoms with E-state index in [9.17, 15) is 0 Å². The Morgan fingerprint density at radius 3 is 2.44 bits per heavy atom. The Hall–Kier alpha value is -1.51. The molecule has 0 spiro atoms. The van der Waals surface area contributed by atoms with E-state index in [-0.39, 0.29) is 0 Å². The fraction of sp³-hybridized carbons (Fsp3) is 0.462. The number of hydrogen-bond donors (Lipinski definition) is 1. The number of benzene rings is 1. The van der Waals surface area contributed by atoms with Gasteiger partial charge in [-0.1, -0.05) is 12.8 Å². The molecule has 0 aromatic heterocycles. The van der Waals surface area contributed by atoms with E-state index in [1.54, 1.807) is 7.11 Å². The minimum Gasteiger partial charge on any atom is -0.497 e. The van der Waals surface area contributed by atoms with Crippen molar-refractivity contribution in [2.45, 2.75) is 25.7 Å². The van der Waals surface area contributed by atoms with Gasteiger partial charge in [0, 0.05) is 5.92 Å². The summed E-state index contributed by atoms with van der Waals surface area (Å²) in [6.07, 6.45) is 4.93. The molecule has 2 N–H and O–H groups in total. The van der Waals surface area contributed by atoms with Gasteiger partial charge in [0.15, 0.2) is 0 Å². The lowest BCUT2D eigenvalue weighted by Gasteiger charge is -2.08. The first kappa shape index (κ1) is 11.0. The molecule has 0 atom stereocenters.